The van der Waals surface area contributed by atoms with Crippen LogP contribution in [0.5, 0.6) is 0 Å². The van der Waals surface area contributed by atoms with Crippen LogP contribution in [0, 0.1) is 5.82 Å². The van der Waals surface area contributed by atoms with Crippen molar-refractivity contribution < 1.29 is 9.13 Å². The minimum absolute atomic E-state index is 0.170. The van der Waals surface area contributed by atoms with E-state index in [1.54, 1.807) is 24.5 Å². The van der Waals surface area contributed by atoms with Crippen molar-refractivity contribution in [2.24, 2.45) is 0 Å². The van der Waals surface area contributed by atoms with Crippen LogP contribution in [0.25, 0.3) is 10.1 Å². The van der Waals surface area contributed by atoms with Crippen molar-refractivity contribution in [3.05, 3.63) is 35.0 Å². The lowest BCUT2D eigenvalue weighted by molar-refractivity contribution is 0.189. The van der Waals surface area contributed by atoms with E-state index in [9.17, 15) is 4.39 Å². The molecule has 0 aliphatic carbocycles. The van der Waals surface area contributed by atoms with Crippen molar-refractivity contribution in [3.63, 3.8) is 0 Å². The summed E-state index contributed by atoms with van der Waals surface area (Å²) in [4.78, 5) is 1.28. The van der Waals surface area contributed by atoms with E-state index in [1.165, 1.54) is 10.9 Å². The number of methoxy groups -OCH3 is 1. The van der Waals surface area contributed by atoms with E-state index in [-0.39, 0.29) is 5.82 Å². The molecular formula is C15H20FNOS. The average molecular weight is 281 g/mol. The lowest BCUT2D eigenvalue weighted by Gasteiger charge is -2.15. The Morgan fingerprint density at radius 1 is 1.37 bits per heavy atom. The maximum absolute atomic E-state index is 13.2. The zero-order chi connectivity index (χ0) is 13.7. The van der Waals surface area contributed by atoms with Crippen LogP contribution in [0.15, 0.2) is 24.3 Å². The molecule has 0 saturated heterocycles. The zero-order valence-corrected chi connectivity index (χ0v) is 12.2. The molecule has 0 aliphatic rings. The molecule has 0 aliphatic heterocycles. The molecule has 1 heterocycles. The number of hydrogen-bond acceptors (Lipinski definition) is 3. The highest BCUT2D eigenvalue weighted by Crippen LogP contribution is 2.32. The number of nitrogens with one attached hydrogen (secondary N) is 1. The second-order valence-corrected chi connectivity index (χ2v) is 5.69. The lowest BCUT2D eigenvalue weighted by Crippen LogP contribution is -2.20. The van der Waals surface area contributed by atoms with Crippen molar-refractivity contribution in [2.45, 2.75) is 25.8 Å². The topological polar surface area (TPSA) is 21.3 Å². The summed E-state index contributed by atoms with van der Waals surface area (Å²) in [6.45, 7) is 3.82. The monoisotopic (exact) mass is 281 g/mol. The van der Waals surface area contributed by atoms with Crippen molar-refractivity contribution in [2.75, 3.05) is 20.3 Å². The van der Waals surface area contributed by atoms with Crippen LogP contribution >= 0.6 is 11.3 Å². The summed E-state index contributed by atoms with van der Waals surface area (Å²) in [7, 11) is 1.73. The Labute approximate surface area is 117 Å². The molecule has 1 atom stereocenters. The SMILES string of the molecule is CCNC(CCCOC)c1cc2cc(F)ccc2s1. The molecule has 0 saturated carbocycles. The Hall–Kier alpha value is -0.970. The molecule has 1 aromatic heterocycles. The maximum atomic E-state index is 13.2. The number of fused-ring (bicyclic) bond motifs is 1. The first kappa shape index (κ1) is 14.4. The molecule has 0 fully saturated rings. The molecule has 104 valence electrons. The summed E-state index contributed by atoms with van der Waals surface area (Å²) in [6, 6.07) is 7.42. The smallest absolute Gasteiger partial charge is 0.123 e. The van der Waals surface area contributed by atoms with Gasteiger partial charge in [0.2, 0.25) is 0 Å². The number of halogens is 1. The van der Waals surface area contributed by atoms with E-state index in [1.807, 2.05) is 6.07 Å². The summed E-state index contributed by atoms with van der Waals surface area (Å²) in [5, 5.41) is 4.49. The second-order valence-electron chi connectivity index (χ2n) is 4.58. The summed E-state index contributed by atoms with van der Waals surface area (Å²) < 4.78 is 19.5. The van der Waals surface area contributed by atoms with Gasteiger partial charge in [-0.15, -0.1) is 11.3 Å². The third kappa shape index (κ3) is 3.75. The van der Waals surface area contributed by atoms with Gasteiger partial charge in [0.05, 0.1) is 0 Å². The summed E-state index contributed by atoms with van der Waals surface area (Å²) in [5.74, 6) is -0.170. The molecule has 0 spiro atoms. The van der Waals surface area contributed by atoms with Gasteiger partial charge in [0.1, 0.15) is 5.82 Å². The summed E-state index contributed by atoms with van der Waals surface area (Å²) in [6.07, 6.45) is 2.06. The van der Waals surface area contributed by atoms with Gasteiger partial charge in [-0.1, -0.05) is 6.92 Å². The largest absolute Gasteiger partial charge is 0.385 e. The third-order valence-corrected chi connectivity index (χ3v) is 4.36. The first-order chi connectivity index (χ1) is 9.24. The van der Waals surface area contributed by atoms with Crippen LogP contribution in [-0.4, -0.2) is 20.3 Å². The van der Waals surface area contributed by atoms with Crippen LogP contribution in [0.1, 0.15) is 30.7 Å². The fourth-order valence-corrected chi connectivity index (χ4v) is 3.38. The Bertz CT molecular complexity index is 526. The molecule has 2 nitrogen and oxygen atoms in total. The molecule has 19 heavy (non-hydrogen) atoms. The summed E-state index contributed by atoms with van der Waals surface area (Å²) in [5.41, 5.74) is 0. The Morgan fingerprint density at radius 2 is 2.21 bits per heavy atom. The maximum Gasteiger partial charge on any atom is 0.123 e. The van der Waals surface area contributed by atoms with Crippen molar-refractivity contribution in [1.82, 2.24) is 5.32 Å². The standard InChI is InChI=1S/C15H20FNOS/c1-3-17-13(5-4-8-18-2)15-10-11-9-12(16)6-7-14(11)19-15/h6-7,9-10,13,17H,3-5,8H2,1-2H3. The van der Waals surface area contributed by atoms with E-state index in [0.717, 1.165) is 36.1 Å². The zero-order valence-electron chi connectivity index (χ0n) is 11.4. The minimum atomic E-state index is -0.170. The van der Waals surface area contributed by atoms with Gasteiger partial charge in [0.15, 0.2) is 0 Å². The van der Waals surface area contributed by atoms with Crippen LogP contribution in [0.4, 0.5) is 4.39 Å². The predicted molar refractivity (Wildman–Crippen MR) is 79.3 cm³/mol. The molecule has 0 bridgehead atoms. The Kier molecular flexibility index (Phi) is 5.31. The third-order valence-electron chi connectivity index (χ3n) is 3.13. The molecular weight excluding hydrogens is 261 g/mol. The van der Waals surface area contributed by atoms with Crippen LogP contribution < -0.4 is 5.32 Å². The lowest BCUT2D eigenvalue weighted by atomic mass is 10.1. The number of benzene rings is 1. The van der Waals surface area contributed by atoms with Crippen LogP contribution in [-0.2, 0) is 4.74 Å². The number of hydrogen-bond donors (Lipinski definition) is 1. The molecule has 1 aromatic carbocycles. The first-order valence-electron chi connectivity index (χ1n) is 6.66. The van der Waals surface area contributed by atoms with E-state index in [2.05, 4.69) is 18.3 Å². The van der Waals surface area contributed by atoms with Crippen LogP contribution in [0.2, 0.25) is 0 Å². The highest BCUT2D eigenvalue weighted by Gasteiger charge is 2.13. The van der Waals surface area contributed by atoms with Gasteiger partial charge in [-0.2, -0.15) is 0 Å². The van der Waals surface area contributed by atoms with Gasteiger partial charge in [-0.25, -0.2) is 4.39 Å². The van der Waals surface area contributed by atoms with E-state index in [0.29, 0.717) is 6.04 Å². The van der Waals surface area contributed by atoms with Gasteiger partial charge in [0, 0.05) is 29.3 Å². The van der Waals surface area contributed by atoms with Crippen molar-refractivity contribution in [1.29, 1.82) is 0 Å². The highest BCUT2D eigenvalue weighted by atomic mass is 32.1. The van der Waals surface area contributed by atoms with Gasteiger partial charge < -0.3 is 10.1 Å². The summed E-state index contributed by atoms with van der Waals surface area (Å²) >= 11 is 1.74. The highest BCUT2D eigenvalue weighted by molar-refractivity contribution is 7.19. The molecule has 4 heteroatoms. The molecule has 1 N–H and O–H groups in total. The van der Waals surface area contributed by atoms with Gasteiger partial charge in [-0.3, -0.25) is 0 Å². The van der Waals surface area contributed by atoms with Gasteiger partial charge >= 0.3 is 0 Å². The molecule has 2 aromatic rings. The fraction of sp³-hybridized carbons (Fsp3) is 0.467. The normalized spacial score (nSPS) is 13.0. The molecule has 2 rings (SSSR count). The van der Waals surface area contributed by atoms with Crippen molar-refractivity contribution in [3.8, 4) is 0 Å². The second kappa shape index (κ2) is 6.98. The number of ether oxygens (including phenoxy) is 1. The van der Waals surface area contributed by atoms with Crippen LogP contribution in [0.3, 0.4) is 0 Å². The number of thiophene rings is 1. The Balaban J connectivity index is 2.17. The minimum Gasteiger partial charge on any atom is -0.385 e. The fourth-order valence-electron chi connectivity index (χ4n) is 2.23. The van der Waals surface area contributed by atoms with E-state index >= 15 is 0 Å². The number of rotatable bonds is 7. The van der Waals surface area contributed by atoms with Crippen molar-refractivity contribution >= 4 is 21.4 Å². The average Bonchev–Trinajstić information content (AvgIpc) is 2.80. The van der Waals surface area contributed by atoms with E-state index in [4.69, 9.17) is 4.74 Å². The predicted octanol–water partition coefficient (Wildman–Crippen LogP) is 4.12. The molecule has 1 unspecified atom stereocenters. The van der Waals surface area contributed by atoms with Gasteiger partial charge in [-0.05, 0) is 49.0 Å². The van der Waals surface area contributed by atoms with E-state index < -0.39 is 0 Å². The molecule has 0 amide bonds. The molecule has 0 radical (unpaired) electrons. The first-order valence-corrected chi connectivity index (χ1v) is 7.47. The van der Waals surface area contributed by atoms with Gasteiger partial charge in [0.25, 0.3) is 0 Å². The Morgan fingerprint density at radius 3 is 2.95 bits per heavy atom. The quantitative estimate of drug-likeness (QED) is 0.771.